The molecule has 0 saturated heterocycles. The van der Waals surface area contributed by atoms with E-state index in [1.54, 1.807) is 41.7 Å². The van der Waals surface area contributed by atoms with E-state index in [0.717, 1.165) is 22.0 Å². The lowest BCUT2D eigenvalue weighted by atomic mass is 10.0. The van der Waals surface area contributed by atoms with Crippen molar-refractivity contribution in [3.05, 3.63) is 47.8 Å². The van der Waals surface area contributed by atoms with Crippen molar-refractivity contribution in [1.82, 2.24) is 24.8 Å². The number of nitrogens with one attached hydrogen (secondary N) is 2. The number of amides is 2. The van der Waals surface area contributed by atoms with Crippen molar-refractivity contribution in [2.75, 3.05) is 47.6 Å². The molecule has 2 atom stereocenters. The number of esters is 2. The average Bonchev–Trinajstić information content (AvgIpc) is 3.08. The SMILES string of the molecule is CCN(C)C(=O)Cl.CCNC.COC(C)=O.CSC(C)(C)[C@@H](C(=O)N[C@@H](CC/C(C)=C/C=C(C)C)C(=O)OC(C)(C)C)N(C)S(=O)(=O)c1cccnc1. The van der Waals surface area contributed by atoms with Gasteiger partial charge in [0.25, 0.3) is 0 Å². The summed E-state index contributed by atoms with van der Waals surface area (Å²) in [6.45, 7) is 21.9. The predicted octanol–water partition coefficient (Wildman–Crippen LogP) is 6.43. The Morgan fingerprint density at radius 1 is 1.04 bits per heavy atom. The number of sulfonamides is 1. The van der Waals surface area contributed by atoms with Gasteiger partial charge in [0.05, 0.1) is 7.11 Å². The normalized spacial score (nSPS) is 12.5. The van der Waals surface area contributed by atoms with Gasteiger partial charge in [0.15, 0.2) is 0 Å². The molecule has 0 aliphatic rings. The Labute approximate surface area is 329 Å². The lowest BCUT2D eigenvalue weighted by molar-refractivity contribution is -0.159. The van der Waals surface area contributed by atoms with Crippen molar-refractivity contribution < 1.29 is 37.1 Å². The Bertz CT molecular complexity index is 1410. The fraction of sp³-hybridized carbons (Fsp3) is 0.649. The third-order valence-electron chi connectivity index (χ3n) is 7.06. The minimum Gasteiger partial charge on any atom is -0.469 e. The molecule has 306 valence electrons. The molecule has 2 N–H and O–H groups in total. The number of methoxy groups -OCH3 is 1. The van der Waals surface area contributed by atoms with Crippen molar-refractivity contribution in [2.24, 2.45) is 0 Å². The zero-order valence-electron chi connectivity index (χ0n) is 34.7. The molecule has 0 fully saturated rings. The molecule has 0 aromatic carbocycles. The summed E-state index contributed by atoms with van der Waals surface area (Å²) in [6, 6.07) is 0.903. The van der Waals surface area contributed by atoms with Gasteiger partial charge in [-0.3, -0.25) is 19.4 Å². The number of allylic oxidation sites excluding steroid dienone is 4. The van der Waals surface area contributed by atoms with Gasteiger partial charge in [0, 0.05) is 44.7 Å². The van der Waals surface area contributed by atoms with Crippen LogP contribution in [0, 0.1) is 0 Å². The summed E-state index contributed by atoms with van der Waals surface area (Å²) in [7, 11) is 2.26. The molecule has 0 spiro atoms. The molecular formula is C37H66ClN5O8S2. The fourth-order valence-electron chi connectivity index (χ4n) is 3.60. The first-order chi connectivity index (χ1) is 24.3. The van der Waals surface area contributed by atoms with E-state index < -0.39 is 49.7 Å². The highest BCUT2D eigenvalue weighted by Crippen LogP contribution is 2.32. The second kappa shape index (κ2) is 27.6. The Morgan fingerprint density at radius 3 is 1.91 bits per heavy atom. The molecule has 16 heteroatoms. The molecule has 53 heavy (non-hydrogen) atoms. The van der Waals surface area contributed by atoms with Gasteiger partial charge in [-0.25, -0.2) is 13.2 Å². The first-order valence-corrected chi connectivity index (χ1v) is 20.2. The summed E-state index contributed by atoms with van der Waals surface area (Å²) in [5.74, 6) is -1.38. The molecule has 2 amide bonds. The lowest BCUT2D eigenvalue weighted by Gasteiger charge is -2.38. The molecule has 0 unspecified atom stereocenters. The number of hydrogen-bond acceptors (Lipinski definition) is 11. The summed E-state index contributed by atoms with van der Waals surface area (Å²) < 4.78 is 36.7. The predicted molar refractivity (Wildman–Crippen MR) is 218 cm³/mol. The summed E-state index contributed by atoms with van der Waals surface area (Å²) >= 11 is 6.38. The molecule has 1 rings (SSSR count). The van der Waals surface area contributed by atoms with Crippen LogP contribution in [0.25, 0.3) is 0 Å². The summed E-state index contributed by atoms with van der Waals surface area (Å²) in [4.78, 5) is 51.8. The smallest absolute Gasteiger partial charge is 0.329 e. The number of carbonyl (C=O) groups excluding carboxylic acids is 4. The molecule has 13 nitrogen and oxygen atoms in total. The van der Waals surface area contributed by atoms with Crippen LogP contribution in [0.4, 0.5) is 4.79 Å². The number of thioether (sulfide) groups is 1. The first-order valence-electron chi connectivity index (χ1n) is 17.2. The Kier molecular flexibility index (Phi) is 28.3. The van der Waals surface area contributed by atoms with Gasteiger partial charge in [-0.05, 0) is 119 Å². The van der Waals surface area contributed by atoms with Crippen LogP contribution in [-0.2, 0) is 33.9 Å². The number of likely N-dealkylation sites (N-methyl/N-ethyl adjacent to an activating group) is 1. The van der Waals surface area contributed by atoms with E-state index in [9.17, 15) is 27.6 Å². The van der Waals surface area contributed by atoms with Gasteiger partial charge in [-0.2, -0.15) is 16.1 Å². The van der Waals surface area contributed by atoms with Crippen LogP contribution < -0.4 is 10.6 Å². The monoisotopic (exact) mass is 807 g/mol. The largest absolute Gasteiger partial charge is 0.469 e. The zero-order valence-corrected chi connectivity index (χ0v) is 37.1. The van der Waals surface area contributed by atoms with Crippen LogP contribution in [0.3, 0.4) is 0 Å². The summed E-state index contributed by atoms with van der Waals surface area (Å²) in [5, 5.41) is 5.34. The van der Waals surface area contributed by atoms with Crippen molar-refractivity contribution >= 4 is 56.6 Å². The maximum absolute atomic E-state index is 13.7. The number of nitrogens with zero attached hydrogens (tertiary/aromatic N) is 3. The van der Waals surface area contributed by atoms with Gasteiger partial charge >= 0.3 is 17.3 Å². The summed E-state index contributed by atoms with van der Waals surface area (Å²) in [6.07, 6.45) is 9.38. The highest BCUT2D eigenvalue weighted by atomic mass is 35.5. The second-order valence-corrected chi connectivity index (χ2v) is 17.3. The Hall–Kier alpha value is -2.98. The highest BCUT2D eigenvalue weighted by Gasteiger charge is 2.44. The van der Waals surface area contributed by atoms with Gasteiger partial charge in [-0.1, -0.05) is 30.2 Å². The highest BCUT2D eigenvalue weighted by molar-refractivity contribution is 8.00. The number of ether oxygens (including phenoxy) is 2. The number of hydrogen-bond donors (Lipinski definition) is 2. The van der Waals surface area contributed by atoms with Crippen LogP contribution in [0.2, 0.25) is 0 Å². The number of aromatic nitrogens is 1. The van der Waals surface area contributed by atoms with Crippen LogP contribution in [-0.4, -0.2) is 116 Å². The minimum absolute atomic E-state index is 0.0177. The number of rotatable bonds is 14. The third-order valence-corrected chi connectivity index (χ3v) is 10.4. The number of pyridine rings is 1. The Morgan fingerprint density at radius 2 is 1.57 bits per heavy atom. The quantitative estimate of drug-likeness (QED) is 0.0921. The molecule has 0 radical (unpaired) electrons. The van der Waals surface area contributed by atoms with E-state index in [1.165, 1.54) is 62.3 Å². The Balaban J connectivity index is -0.00000129. The van der Waals surface area contributed by atoms with E-state index in [4.69, 9.17) is 16.3 Å². The lowest BCUT2D eigenvalue weighted by Crippen LogP contribution is -2.59. The van der Waals surface area contributed by atoms with Gasteiger partial charge in [-0.15, -0.1) is 0 Å². The van der Waals surface area contributed by atoms with Crippen LogP contribution in [0.15, 0.2) is 52.7 Å². The van der Waals surface area contributed by atoms with Crippen LogP contribution in [0.5, 0.6) is 0 Å². The van der Waals surface area contributed by atoms with Crippen LogP contribution >= 0.6 is 23.4 Å². The van der Waals surface area contributed by atoms with E-state index in [1.807, 2.05) is 53.2 Å². The maximum atomic E-state index is 13.7. The molecule has 0 bridgehead atoms. The summed E-state index contributed by atoms with van der Waals surface area (Å²) in [5.41, 5.74) is 1.45. The van der Waals surface area contributed by atoms with Gasteiger partial charge < -0.3 is 25.0 Å². The minimum atomic E-state index is -4.04. The molecule has 0 saturated carbocycles. The maximum Gasteiger partial charge on any atom is 0.329 e. The van der Waals surface area contributed by atoms with Crippen molar-refractivity contribution in [2.45, 2.75) is 116 Å². The molecular weight excluding hydrogens is 742 g/mol. The topological polar surface area (TPSA) is 164 Å². The zero-order chi connectivity index (χ0) is 42.2. The van der Waals surface area contributed by atoms with Gasteiger partial charge in [0.1, 0.15) is 22.6 Å². The van der Waals surface area contributed by atoms with Crippen molar-refractivity contribution in [1.29, 1.82) is 0 Å². The number of halogens is 1. The third kappa shape index (κ3) is 24.9. The first kappa shape index (κ1) is 54.4. The molecule has 0 aliphatic heterocycles. The van der Waals surface area contributed by atoms with E-state index in [-0.39, 0.29) is 10.9 Å². The van der Waals surface area contributed by atoms with Crippen molar-refractivity contribution in [3.8, 4) is 0 Å². The fourth-order valence-corrected chi connectivity index (χ4v) is 5.68. The standard InChI is InChI=1S/C27H43N3O5S2.C4H8ClNO.C3H9N.C3H6O2/c1-19(2)13-14-20(3)15-16-22(25(32)35-26(4,5)6)29-24(31)23(27(7,8)36-10)30(9)37(33,34)21-12-11-17-28-18-21;1-3-6(2)4(5)7;1-3-4-2;1-3(4)5-2/h11-14,17-18,22-23H,15-16H2,1-10H3,(H,29,31);3H2,1-2H3;4H,3H2,1-2H3;1-2H3/b20-14+;;;/t22-,23+;;;/m0.../s1. The van der Waals surface area contributed by atoms with E-state index in [0.29, 0.717) is 19.4 Å². The van der Waals surface area contributed by atoms with Gasteiger partial charge in [0.2, 0.25) is 15.9 Å². The van der Waals surface area contributed by atoms with Crippen LogP contribution in [0.1, 0.15) is 89.0 Å². The molecule has 1 heterocycles. The van der Waals surface area contributed by atoms with E-state index in [2.05, 4.69) is 27.3 Å². The average molecular weight is 809 g/mol. The molecule has 1 aromatic rings. The number of carbonyl (C=O) groups is 4. The molecule has 0 aliphatic carbocycles. The van der Waals surface area contributed by atoms with Crippen molar-refractivity contribution in [3.63, 3.8) is 0 Å². The molecule has 1 aromatic heterocycles. The second-order valence-electron chi connectivity index (χ2n) is 13.5. The van der Waals surface area contributed by atoms with E-state index >= 15 is 0 Å².